The maximum atomic E-state index is 13.9. The summed E-state index contributed by atoms with van der Waals surface area (Å²) in [6.07, 6.45) is 1.62. The first-order valence-corrected chi connectivity index (χ1v) is 16.6. The van der Waals surface area contributed by atoms with Crippen LogP contribution in [0.15, 0.2) is 66.7 Å². The van der Waals surface area contributed by atoms with Gasteiger partial charge in [0.1, 0.15) is 6.04 Å². The molecule has 11 heteroatoms. The average Bonchev–Trinajstić information content (AvgIpc) is 2.90. The summed E-state index contributed by atoms with van der Waals surface area (Å²) in [6.45, 7) is 5.65. The first-order valence-electron chi connectivity index (χ1n) is 13.6. The second-order valence-electron chi connectivity index (χ2n) is 10.5. The molecule has 0 aromatic heterocycles. The van der Waals surface area contributed by atoms with Crippen LogP contribution in [-0.4, -0.2) is 50.0 Å². The van der Waals surface area contributed by atoms with Crippen LogP contribution in [0.2, 0.25) is 15.1 Å². The Morgan fingerprint density at radius 2 is 1.57 bits per heavy atom. The summed E-state index contributed by atoms with van der Waals surface area (Å²) in [5.74, 6) is -0.600. The third-order valence-electron chi connectivity index (χ3n) is 6.65. The van der Waals surface area contributed by atoms with Gasteiger partial charge in [-0.2, -0.15) is 0 Å². The highest BCUT2D eigenvalue weighted by Crippen LogP contribution is 2.28. The van der Waals surface area contributed by atoms with E-state index in [-0.39, 0.29) is 50.2 Å². The molecule has 2 amide bonds. The third kappa shape index (κ3) is 9.63. The molecule has 0 unspecified atom stereocenters. The summed E-state index contributed by atoms with van der Waals surface area (Å²) >= 11 is 18.8. The number of halogens is 3. The first kappa shape index (κ1) is 33.7. The van der Waals surface area contributed by atoms with Crippen LogP contribution in [0.25, 0.3) is 0 Å². The topological polar surface area (TPSA) is 86.8 Å². The highest BCUT2D eigenvalue weighted by molar-refractivity contribution is 7.92. The zero-order valence-electron chi connectivity index (χ0n) is 24.1. The smallest absolute Gasteiger partial charge is 0.243 e. The van der Waals surface area contributed by atoms with Crippen molar-refractivity contribution >= 4 is 62.3 Å². The lowest BCUT2D eigenvalue weighted by Crippen LogP contribution is -2.51. The molecule has 1 N–H and O–H groups in total. The molecule has 0 radical (unpaired) electrons. The zero-order chi connectivity index (χ0) is 31.0. The van der Waals surface area contributed by atoms with E-state index in [4.69, 9.17) is 34.8 Å². The van der Waals surface area contributed by atoms with E-state index in [9.17, 15) is 18.0 Å². The van der Waals surface area contributed by atoms with Gasteiger partial charge in [0, 0.05) is 47.0 Å². The monoisotopic (exact) mass is 651 g/mol. The van der Waals surface area contributed by atoms with Crippen LogP contribution in [0, 0.1) is 6.92 Å². The van der Waals surface area contributed by atoms with Crippen molar-refractivity contribution in [3.05, 3.63) is 98.5 Å². The Labute approximate surface area is 263 Å². The Bertz CT molecular complexity index is 1500. The van der Waals surface area contributed by atoms with Crippen molar-refractivity contribution in [3.63, 3.8) is 0 Å². The maximum Gasteiger partial charge on any atom is 0.243 e. The van der Waals surface area contributed by atoms with E-state index < -0.39 is 16.1 Å². The molecule has 226 valence electrons. The van der Waals surface area contributed by atoms with Gasteiger partial charge in [-0.15, -0.1) is 0 Å². The fraction of sp³-hybridized carbons (Fsp3) is 0.355. The normalized spacial score (nSPS) is 12.2. The minimum Gasteiger partial charge on any atom is -0.352 e. The Balaban J connectivity index is 1.93. The van der Waals surface area contributed by atoms with Crippen LogP contribution >= 0.6 is 34.8 Å². The van der Waals surface area contributed by atoms with Crippen molar-refractivity contribution in [3.8, 4) is 0 Å². The number of carbonyl (C=O) groups excluding carboxylic acids is 2. The average molecular weight is 653 g/mol. The molecule has 0 aliphatic heterocycles. The van der Waals surface area contributed by atoms with Crippen molar-refractivity contribution in [2.45, 2.75) is 58.7 Å². The Hall–Kier alpha value is -2.78. The van der Waals surface area contributed by atoms with Gasteiger partial charge in [-0.1, -0.05) is 77.3 Å². The molecule has 0 saturated carbocycles. The number of rotatable bonds is 13. The van der Waals surface area contributed by atoms with E-state index in [0.717, 1.165) is 17.4 Å². The quantitative estimate of drug-likeness (QED) is 0.224. The number of aryl methyl sites for hydroxylation is 1. The van der Waals surface area contributed by atoms with E-state index >= 15 is 0 Å². The van der Waals surface area contributed by atoms with Gasteiger partial charge in [0.25, 0.3) is 0 Å². The molecule has 0 heterocycles. The van der Waals surface area contributed by atoms with Crippen LogP contribution in [0.3, 0.4) is 0 Å². The van der Waals surface area contributed by atoms with Gasteiger partial charge in [0.15, 0.2) is 0 Å². The molecule has 0 spiro atoms. The summed E-state index contributed by atoms with van der Waals surface area (Å²) in [4.78, 5) is 29.0. The molecule has 3 aromatic carbocycles. The summed E-state index contributed by atoms with van der Waals surface area (Å²) in [7, 11) is -3.66. The fourth-order valence-electron chi connectivity index (χ4n) is 4.60. The summed E-state index contributed by atoms with van der Waals surface area (Å²) in [5, 5.41) is 4.19. The van der Waals surface area contributed by atoms with Crippen molar-refractivity contribution in [1.82, 2.24) is 10.2 Å². The molecular weight excluding hydrogens is 617 g/mol. The van der Waals surface area contributed by atoms with Gasteiger partial charge >= 0.3 is 0 Å². The molecule has 0 bridgehead atoms. The Morgan fingerprint density at radius 1 is 0.929 bits per heavy atom. The fourth-order valence-corrected chi connectivity index (χ4v) is 6.25. The second-order valence-corrected chi connectivity index (χ2v) is 13.7. The van der Waals surface area contributed by atoms with Crippen LogP contribution < -0.4 is 9.62 Å². The molecule has 1 atom stereocenters. The van der Waals surface area contributed by atoms with Crippen LogP contribution in [0.5, 0.6) is 0 Å². The molecule has 42 heavy (non-hydrogen) atoms. The van der Waals surface area contributed by atoms with Crippen LogP contribution in [0.1, 0.15) is 43.4 Å². The Kier molecular flexibility index (Phi) is 12.1. The van der Waals surface area contributed by atoms with Crippen molar-refractivity contribution in [2.24, 2.45) is 0 Å². The minimum absolute atomic E-state index is 0.00289. The van der Waals surface area contributed by atoms with Crippen molar-refractivity contribution < 1.29 is 18.0 Å². The molecule has 0 fully saturated rings. The standard InChI is InChI=1S/C31H36Cl3N3O4S/c1-21(2)35-31(39)29(17-23-9-6-5-7-10-23)36(20-24-13-15-25(32)18-27(24)34)30(38)11-8-16-37(42(4,40)41)28-19-26(33)14-12-22(28)3/h5-7,9-10,12-15,18-19,21,29H,8,11,16-17,20H2,1-4H3,(H,35,39)/t29-/m0/s1. The number of nitrogens with zero attached hydrogens (tertiary/aromatic N) is 2. The summed E-state index contributed by atoms with van der Waals surface area (Å²) in [5.41, 5.74) is 2.72. The van der Waals surface area contributed by atoms with Crippen molar-refractivity contribution in [1.29, 1.82) is 0 Å². The van der Waals surface area contributed by atoms with E-state index in [0.29, 0.717) is 26.3 Å². The summed E-state index contributed by atoms with van der Waals surface area (Å²) in [6, 6.07) is 18.5. The number of benzene rings is 3. The van der Waals surface area contributed by atoms with Gasteiger partial charge in [-0.3, -0.25) is 13.9 Å². The molecule has 0 aliphatic rings. The van der Waals surface area contributed by atoms with Gasteiger partial charge in [-0.25, -0.2) is 8.42 Å². The van der Waals surface area contributed by atoms with E-state index in [1.165, 1.54) is 9.21 Å². The van der Waals surface area contributed by atoms with Gasteiger partial charge in [0.2, 0.25) is 21.8 Å². The largest absolute Gasteiger partial charge is 0.352 e. The predicted octanol–water partition coefficient (Wildman–Crippen LogP) is 6.67. The lowest BCUT2D eigenvalue weighted by molar-refractivity contribution is -0.141. The van der Waals surface area contributed by atoms with E-state index in [1.807, 2.05) is 44.2 Å². The molecule has 3 aromatic rings. The summed E-state index contributed by atoms with van der Waals surface area (Å²) < 4.78 is 26.7. The van der Waals surface area contributed by atoms with Crippen LogP contribution in [0.4, 0.5) is 5.69 Å². The van der Waals surface area contributed by atoms with Gasteiger partial charge < -0.3 is 10.2 Å². The van der Waals surface area contributed by atoms with Crippen molar-refractivity contribution in [2.75, 3.05) is 17.1 Å². The minimum atomic E-state index is -3.66. The first-order chi connectivity index (χ1) is 19.8. The number of nitrogens with one attached hydrogen (secondary N) is 1. The molecule has 0 aliphatic carbocycles. The number of carbonyl (C=O) groups is 2. The highest BCUT2D eigenvalue weighted by atomic mass is 35.5. The number of amides is 2. The number of hydrogen-bond donors (Lipinski definition) is 1. The Morgan fingerprint density at radius 3 is 2.19 bits per heavy atom. The maximum absolute atomic E-state index is 13.9. The van der Waals surface area contributed by atoms with Crippen LogP contribution in [-0.2, 0) is 32.6 Å². The van der Waals surface area contributed by atoms with E-state index in [2.05, 4.69) is 5.32 Å². The lowest BCUT2D eigenvalue weighted by atomic mass is 10.0. The number of sulfonamides is 1. The zero-order valence-corrected chi connectivity index (χ0v) is 27.2. The molecule has 0 saturated heterocycles. The van der Waals surface area contributed by atoms with E-state index in [1.54, 1.807) is 43.3 Å². The molecule has 3 rings (SSSR count). The highest BCUT2D eigenvalue weighted by Gasteiger charge is 2.31. The molecular formula is C31H36Cl3N3O4S. The third-order valence-corrected chi connectivity index (χ3v) is 8.65. The second kappa shape index (κ2) is 15.1. The number of hydrogen-bond acceptors (Lipinski definition) is 4. The SMILES string of the molecule is Cc1ccc(Cl)cc1N(CCCC(=O)N(Cc1ccc(Cl)cc1Cl)[C@@H](Cc1ccccc1)C(=O)NC(C)C)S(C)(=O)=O. The predicted molar refractivity (Wildman–Crippen MR) is 172 cm³/mol. The van der Waals surface area contributed by atoms with Gasteiger partial charge in [-0.05, 0) is 68.1 Å². The molecule has 7 nitrogen and oxygen atoms in total. The lowest BCUT2D eigenvalue weighted by Gasteiger charge is -2.33. The number of anilines is 1. The van der Waals surface area contributed by atoms with Gasteiger partial charge in [0.05, 0.1) is 11.9 Å².